The van der Waals surface area contributed by atoms with Crippen LogP contribution in [0, 0.1) is 11.8 Å². The number of hydrogen-bond acceptors (Lipinski definition) is 3. The van der Waals surface area contributed by atoms with Crippen LogP contribution in [0.25, 0.3) is 6.08 Å². The second-order valence-electron chi connectivity index (χ2n) is 6.25. The number of aliphatic carboxylic acids is 1. The lowest BCUT2D eigenvalue weighted by molar-refractivity contribution is -0.137. The third kappa shape index (κ3) is 5.61. The van der Waals surface area contributed by atoms with E-state index in [-0.39, 0.29) is 18.3 Å². The zero-order valence-corrected chi connectivity index (χ0v) is 15.8. The second-order valence-corrected chi connectivity index (χ2v) is 8.14. The van der Waals surface area contributed by atoms with Crippen molar-refractivity contribution in [3.63, 3.8) is 0 Å². The van der Waals surface area contributed by atoms with E-state index < -0.39 is 5.97 Å². The van der Waals surface area contributed by atoms with Crippen molar-refractivity contribution < 1.29 is 14.7 Å². The predicted molar refractivity (Wildman–Crippen MR) is 99.9 cm³/mol. The van der Waals surface area contributed by atoms with Crippen molar-refractivity contribution in [3.05, 3.63) is 26.4 Å². The summed E-state index contributed by atoms with van der Waals surface area (Å²) >= 11 is 13.7. The number of unbranched alkanes of at least 4 members (excludes halogenated alkanes) is 3. The molecule has 0 aliphatic heterocycles. The maximum atomic E-state index is 12.1. The Balaban J connectivity index is 1.82. The van der Waals surface area contributed by atoms with Crippen LogP contribution >= 0.6 is 34.5 Å². The Morgan fingerprint density at radius 1 is 1.29 bits per heavy atom. The molecule has 1 N–H and O–H groups in total. The molecule has 1 fully saturated rings. The number of halogens is 2. The number of allylic oxidation sites excluding steroid dienone is 1. The molecule has 24 heavy (non-hydrogen) atoms. The number of carboxylic acids is 1. The van der Waals surface area contributed by atoms with Gasteiger partial charge in [0.05, 0.1) is 5.02 Å². The summed E-state index contributed by atoms with van der Waals surface area (Å²) in [5, 5.41) is 11.1. The van der Waals surface area contributed by atoms with Crippen molar-refractivity contribution in [2.75, 3.05) is 0 Å². The van der Waals surface area contributed by atoms with Crippen LogP contribution in [-0.2, 0) is 9.59 Å². The Labute approximate surface area is 156 Å². The molecule has 1 heterocycles. The highest BCUT2D eigenvalue weighted by Crippen LogP contribution is 2.37. The van der Waals surface area contributed by atoms with Gasteiger partial charge in [0, 0.05) is 29.7 Å². The molecule has 0 spiro atoms. The van der Waals surface area contributed by atoms with Gasteiger partial charge in [-0.05, 0) is 25.2 Å². The number of rotatable bonds is 9. The van der Waals surface area contributed by atoms with Crippen LogP contribution in [0.4, 0.5) is 0 Å². The van der Waals surface area contributed by atoms with Gasteiger partial charge in [-0.1, -0.05) is 54.6 Å². The van der Waals surface area contributed by atoms with Crippen molar-refractivity contribution in [2.24, 2.45) is 11.8 Å². The summed E-state index contributed by atoms with van der Waals surface area (Å²) in [6, 6.07) is 0. The molecule has 1 saturated carbocycles. The van der Waals surface area contributed by atoms with Gasteiger partial charge in [0.2, 0.25) is 0 Å². The average molecular weight is 389 g/mol. The van der Waals surface area contributed by atoms with Crippen molar-refractivity contribution >= 4 is 52.4 Å². The number of Topliss-reactive ketones (excluding diaryl/α,β-unsaturated/α-hetero) is 1. The molecule has 0 bridgehead atoms. The van der Waals surface area contributed by atoms with Crippen LogP contribution in [0.15, 0.2) is 11.5 Å². The fourth-order valence-electron chi connectivity index (χ4n) is 3.22. The van der Waals surface area contributed by atoms with Gasteiger partial charge in [0.25, 0.3) is 0 Å². The maximum absolute atomic E-state index is 12.1. The molecule has 132 valence electrons. The summed E-state index contributed by atoms with van der Waals surface area (Å²) in [5.41, 5.74) is 0.843. The molecule has 0 radical (unpaired) electrons. The summed E-state index contributed by atoms with van der Waals surface area (Å²) in [6.45, 7) is 0. The number of carbonyl (C=O) groups excluding carboxylic acids is 1. The molecule has 0 saturated heterocycles. The van der Waals surface area contributed by atoms with Gasteiger partial charge in [-0.15, -0.1) is 11.3 Å². The van der Waals surface area contributed by atoms with E-state index in [1.54, 1.807) is 0 Å². The van der Waals surface area contributed by atoms with Crippen molar-refractivity contribution in [1.29, 1.82) is 0 Å². The lowest BCUT2D eigenvalue weighted by atomic mass is 9.89. The second kappa shape index (κ2) is 9.59. The minimum absolute atomic E-state index is 0.0805. The van der Waals surface area contributed by atoms with Gasteiger partial charge in [-0.25, -0.2) is 0 Å². The highest BCUT2D eigenvalue weighted by molar-refractivity contribution is 7.15. The number of carboxylic acid groups (broad SMARTS) is 1. The number of thiophene rings is 1. The van der Waals surface area contributed by atoms with Crippen LogP contribution < -0.4 is 0 Å². The molecule has 0 aromatic carbocycles. The SMILES string of the molecule is O=C(O)CCCCCCC1C(=O)CCC1C=Cc1c(Cl)csc1Cl. The monoisotopic (exact) mass is 388 g/mol. The normalized spacial score (nSPS) is 21.0. The smallest absolute Gasteiger partial charge is 0.303 e. The molecule has 1 aliphatic carbocycles. The van der Waals surface area contributed by atoms with E-state index in [0.717, 1.165) is 37.7 Å². The molecule has 1 aliphatic rings. The molecule has 2 atom stereocenters. The molecule has 1 aromatic rings. The van der Waals surface area contributed by atoms with E-state index in [4.69, 9.17) is 28.3 Å². The molecule has 1 aromatic heterocycles. The largest absolute Gasteiger partial charge is 0.481 e. The molecule has 2 unspecified atom stereocenters. The molecular weight excluding hydrogens is 367 g/mol. The molecule has 2 rings (SSSR count). The van der Waals surface area contributed by atoms with E-state index in [1.165, 1.54) is 11.3 Å². The summed E-state index contributed by atoms with van der Waals surface area (Å²) in [7, 11) is 0. The van der Waals surface area contributed by atoms with Crippen LogP contribution in [-0.4, -0.2) is 16.9 Å². The van der Waals surface area contributed by atoms with Gasteiger partial charge >= 0.3 is 5.97 Å². The Morgan fingerprint density at radius 3 is 2.71 bits per heavy atom. The van der Waals surface area contributed by atoms with Crippen LogP contribution in [0.5, 0.6) is 0 Å². The van der Waals surface area contributed by atoms with Crippen molar-refractivity contribution in [1.82, 2.24) is 0 Å². The Morgan fingerprint density at radius 2 is 2.04 bits per heavy atom. The third-order valence-corrected chi connectivity index (χ3v) is 6.25. The maximum Gasteiger partial charge on any atom is 0.303 e. The molecular formula is C18H22Cl2O3S. The van der Waals surface area contributed by atoms with Crippen LogP contribution in [0.3, 0.4) is 0 Å². The van der Waals surface area contributed by atoms with E-state index in [1.807, 2.05) is 11.5 Å². The van der Waals surface area contributed by atoms with Crippen LogP contribution in [0.1, 0.15) is 56.9 Å². The van der Waals surface area contributed by atoms with E-state index in [0.29, 0.717) is 28.0 Å². The zero-order chi connectivity index (χ0) is 17.5. The number of carbonyl (C=O) groups is 2. The summed E-state index contributed by atoms with van der Waals surface area (Å²) < 4.78 is 0.676. The fraction of sp³-hybridized carbons (Fsp3) is 0.556. The first-order chi connectivity index (χ1) is 11.5. The summed E-state index contributed by atoms with van der Waals surface area (Å²) in [4.78, 5) is 22.6. The average Bonchev–Trinajstić information content (AvgIpc) is 3.04. The molecule has 6 heteroatoms. The van der Waals surface area contributed by atoms with E-state index in [9.17, 15) is 9.59 Å². The minimum atomic E-state index is -0.739. The molecule has 3 nitrogen and oxygen atoms in total. The van der Waals surface area contributed by atoms with E-state index >= 15 is 0 Å². The summed E-state index contributed by atoms with van der Waals surface area (Å²) in [5.74, 6) is -0.0601. The predicted octanol–water partition coefficient (Wildman–Crippen LogP) is 6.09. The Hall–Kier alpha value is -0.840. The first kappa shape index (κ1) is 19.5. The highest BCUT2D eigenvalue weighted by Gasteiger charge is 2.32. The minimum Gasteiger partial charge on any atom is -0.481 e. The van der Waals surface area contributed by atoms with Crippen molar-refractivity contribution in [3.8, 4) is 0 Å². The quantitative estimate of drug-likeness (QED) is 0.520. The van der Waals surface area contributed by atoms with E-state index in [2.05, 4.69) is 6.08 Å². The first-order valence-electron chi connectivity index (χ1n) is 8.34. The van der Waals surface area contributed by atoms with Crippen molar-refractivity contribution in [2.45, 2.75) is 51.4 Å². The Kier molecular flexibility index (Phi) is 7.79. The van der Waals surface area contributed by atoms with Gasteiger partial charge in [-0.2, -0.15) is 0 Å². The lowest BCUT2D eigenvalue weighted by Gasteiger charge is -2.14. The summed E-state index contributed by atoms with van der Waals surface area (Å²) in [6.07, 6.45) is 10.3. The first-order valence-corrected chi connectivity index (χ1v) is 9.97. The Bertz CT molecular complexity index is 590. The van der Waals surface area contributed by atoms with Gasteiger partial charge in [-0.3, -0.25) is 9.59 Å². The van der Waals surface area contributed by atoms with Gasteiger partial charge < -0.3 is 5.11 Å². The zero-order valence-electron chi connectivity index (χ0n) is 13.5. The standard InChI is InChI=1S/C18H22Cl2O3S/c19-15-11-24-18(20)14(15)9-7-12-8-10-16(21)13(12)5-3-1-2-4-6-17(22)23/h7,9,11-13H,1-6,8,10H2,(H,22,23). The topological polar surface area (TPSA) is 54.4 Å². The molecule has 0 amide bonds. The van der Waals surface area contributed by atoms with Gasteiger partial charge in [0.15, 0.2) is 0 Å². The van der Waals surface area contributed by atoms with Gasteiger partial charge in [0.1, 0.15) is 10.1 Å². The lowest BCUT2D eigenvalue weighted by Crippen LogP contribution is -2.13. The van der Waals surface area contributed by atoms with Crippen LogP contribution in [0.2, 0.25) is 9.36 Å². The third-order valence-electron chi connectivity index (χ3n) is 4.56. The fourth-order valence-corrected chi connectivity index (χ4v) is 4.56. The number of hydrogen-bond donors (Lipinski definition) is 1. The highest BCUT2D eigenvalue weighted by atomic mass is 35.5. The number of ketones is 1.